The molecule has 1 aromatic heterocycles. The summed E-state index contributed by atoms with van der Waals surface area (Å²) in [4.78, 5) is 15.6. The predicted molar refractivity (Wildman–Crippen MR) is 94.2 cm³/mol. The SMILES string of the molecule is CN(C)C1CCN(c2noc(-c3ccc(Cl)cc3)c2C(=O)O)CC1O. The van der Waals surface area contributed by atoms with Gasteiger partial charge in [0, 0.05) is 29.7 Å². The van der Waals surface area contributed by atoms with Crippen molar-refractivity contribution >= 4 is 23.4 Å². The molecule has 1 saturated heterocycles. The van der Waals surface area contributed by atoms with E-state index in [2.05, 4.69) is 5.16 Å². The fourth-order valence-electron chi connectivity index (χ4n) is 3.20. The summed E-state index contributed by atoms with van der Waals surface area (Å²) in [7, 11) is 3.84. The first-order valence-electron chi connectivity index (χ1n) is 7.97. The number of aliphatic hydroxyl groups excluding tert-OH is 1. The number of piperidine rings is 1. The summed E-state index contributed by atoms with van der Waals surface area (Å²) in [5.41, 5.74) is 0.585. The van der Waals surface area contributed by atoms with E-state index in [1.165, 1.54) is 0 Å². The van der Waals surface area contributed by atoms with E-state index in [0.717, 1.165) is 0 Å². The van der Waals surface area contributed by atoms with Crippen molar-refractivity contribution in [2.45, 2.75) is 18.6 Å². The van der Waals surface area contributed by atoms with Gasteiger partial charge in [-0.3, -0.25) is 0 Å². The molecule has 0 amide bonds. The van der Waals surface area contributed by atoms with Crippen molar-refractivity contribution in [1.29, 1.82) is 0 Å². The van der Waals surface area contributed by atoms with Gasteiger partial charge >= 0.3 is 5.97 Å². The molecule has 0 saturated carbocycles. The molecule has 2 atom stereocenters. The molecule has 2 unspecified atom stereocenters. The lowest BCUT2D eigenvalue weighted by molar-refractivity contribution is 0.0620. The second-order valence-corrected chi connectivity index (χ2v) is 6.79. The van der Waals surface area contributed by atoms with Crippen LogP contribution in [0.4, 0.5) is 5.82 Å². The molecule has 134 valence electrons. The lowest BCUT2D eigenvalue weighted by Crippen LogP contribution is -2.52. The van der Waals surface area contributed by atoms with Gasteiger partial charge in [-0.15, -0.1) is 0 Å². The zero-order chi connectivity index (χ0) is 18.1. The molecule has 1 fully saturated rings. The normalized spacial score (nSPS) is 20.9. The van der Waals surface area contributed by atoms with E-state index < -0.39 is 12.1 Å². The minimum absolute atomic E-state index is 0.00201. The number of β-amino-alcohol motifs (C(OH)–C–C–N with tert-alkyl or cyclic N) is 1. The highest BCUT2D eigenvalue weighted by molar-refractivity contribution is 6.30. The lowest BCUT2D eigenvalue weighted by atomic mass is 10.00. The van der Waals surface area contributed by atoms with E-state index in [1.54, 1.807) is 29.2 Å². The van der Waals surface area contributed by atoms with Crippen molar-refractivity contribution in [2.24, 2.45) is 0 Å². The zero-order valence-electron chi connectivity index (χ0n) is 14.0. The molecule has 1 aliphatic rings. The molecule has 25 heavy (non-hydrogen) atoms. The van der Waals surface area contributed by atoms with E-state index in [4.69, 9.17) is 16.1 Å². The van der Waals surface area contributed by atoms with Crippen LogP contribution in [0.15, 0.2) is 28.8 Å². The molecule has 0 bridgehead atoms. The summed E-state index contributed by atoms with van der Waals surface area (Å²) in [5, 5.41) is 24.5. The summed E-state index contributed by atoms with van der Waals surface area (Å²) < 4.78 is 5.34. The van der Waals surface area contributed by atoms with Gasteiger partial charge in [0.05, 0.1) is 6.10 Å². The van der Waals surface area contributed by atoms with Gasteiger partial charge in [-0.25, -0.2) is 4.79 Å². The van der Waals surface area contributed by atoms with Crippen LogP contribution in [-0.4, -0.2) is 65.6 Å². The van der Waals surface area contributed by atoms with Gasteiger partial charge in [-0.2, -0.15) is 0 Å². The fraction of sp³-hybridized carbons (Fsp3) is 0.412. The monoisotopic (exact) mass is 365 g/mol. The number of halogens is 1. The largest absolute Gasteiger partial charge is 0.477 e. The average molecular weight is 366 g/mol. The van der Waals surface area contributed by atoms with E-state index in [-0.39, 0.29) is 23.2 Å². The van der Waals surface area contributed by atoms with Gasteiger partial charge in [0.2, 0.25) is 0 Å². The summed E-state index contributed by atoms with van der Waals surface area (Å²) >= 11 is 5.88. The van der Waals surface area contributed by atoms with Crippen molar-refractivity contribution in [3.8, 4) is 11.3 Å². The minimum atomic E-state index is -1.12. The smallest absolute Gasteiger partial charge is 0.343 e. The van der Waals surface area contributed by atoms with E-state index in [0.29, 0.717) is 30.1 Å². The predicted octanol–water partition coefficient (Wildman–Crippen LogP) is 2.19. The highest BCUT2D eigenvalue weighted by Crippen LogP contribution is 2.33. The van der Waals surface area contributed by atoms with Gasteiger partial charge in [-0.1, -0.05) is 16.8 Å². The maximum absolute atomic E-state index is 11.8. The number of aliphatic hydroxyl groups is 1. The molecule has 0 aliphatic carbocycles. The number of aromatic carboxylic acids is 1. The Labute approximate surface area is 150 Å². The number of anilines is 1. The third-order valence-corrected chi connectivity index (χ3v) is 4.76. The average Bonchev–Trinajstić information content (AvgIpc) is 3.00. The van der Waals surface area contributed by atoms with Crippen LogP contribution >= 0.6 is 11.6 Å². The molecular weight excluding hydrogens is 346 g/mol. The maximum Gasteiger partial charge on any atom is 0.343 e. The summed E-state index contributed by atoms with van der Waals surface area (Å²) in [6.45, 7) is 0.891. The van der Waals surface area contributed by atoms with E-state index in [9.17, 15) is 15.0 Å². The van der Waals surface area contributed by atoms with E-state index >= 15 is 0 Å². The molecule has 0 radical (unpaired) electrons. The number of aromatic nitrogens is 1. The Morgan fingerprint density at radius 2 is 2.04 bits per heavy atom. The van der Waals surface area contributed by atoms with Gasteiger partial charge in [-0.05, 0) is 44.8 Å². The van der Waals surface area contributed by atoms with Crippen LogP contribution in [0.3, 0.4) is 0 Å². The van der Waals surface area contributed by atoms with Crippen LogP contribution in [0.25, 0.3) is 11.3 Å². The van der Waals surface area contributed by atoms with Crippen LogP contribution in [0.5, 0.6) is 0 Å². The van der Waals surface area contributed by atoms with Crippen molar-refractivity contribution in [3.05, 3.63) is 34.9 Å². The Morgan fingerprint density at radius 1 is 1.36 bits per heavy atom. The number of hydrogen-bond acceptors (Lipinski definition) is 6. The van der Waals surface area contributed by atoms with Crippen LogP contribution in [0.1, 0.15) is 16.8 Å². The van der Waals surface area contributed by atoms with Crippen LogP contribution in [-0.2, 0) is 0 Å². The summed E-state index contributed by atoms with van der Waals surface area (Å²) in [6, 6.07) is 6.74. The highest BCUT2D eigenvalue weighted by atomic mass is 35.5. The van der Waals surface area contributed by atoms with Gasteiger partial charge in [0.15, 0.2) is 17.1 Å². The molecule has 2 aromatic rings. The molecule has 3 rings (SSSR count). The molecule has 2 heterocycles. The molecule has 1 aliphatic heterocycles. The van der Waals surface area contributed by atoms with Crippen molar-refractivity contribution in [2.75, 3.05) is 32.1 Å². The number of hydrogen-bond donors (Lipinski definition) is 2. The number of carboxylic acid groups (broad SMARTS) is 1. The Bertz CT molecular complexity index is 760. The first-order valence-corrected chi connectivity index (χ1v) is 8.34. The zero-order valence-corrected chi connectivity index (χ0v) is 14.8. The Hall–Kier alpha value is -2.09. The van der Waals surface area contributed by atoms with E-state index in [1.807, 2.05) is 19.0 Å². The topological polar surface area (TPSA) is 90.0 Å². The number of rotatable bonds is 4. The molecule has 2 N–H and O–H groups in total. The number of nitrogens with zero attached hydrogens (tertiary/aromatic N) is 3. The number of benzene rings is 1. The number of carbonyl (C=O) groups is 1. The van der Waals surface area contributed by atoms with Gasteiger partial charge < -0.3 is 24.5 Å². The maximum atomic E-state index is 11.8. The highest BCUT2D eigenvalue weighted by Gasteiger charge is 2.34. The van der Waals surface area contributed by atoms with Crippen LogP contribution in [0, 0.1) is 0 Å². The first-order chi connectivity index (χ1) is 11.9. The lowest BCUT2D eigenvalue weighted by Gasteiger charge is -2.39. The Balaban J connectivity index is 1.93. The fourth-order valence-corrected chi connectivity index (χ4v) is 3.33. The quantitative estimate of drug-likeness (QED) is 0.858. The van der Waals surface area contributed by atoms with Crippen LogP contribution < -0.4 is 4.90 Å². The Morgan fingerprint density at radius 3 is 2.60 bits per heavy atom. The molecule has 7 nitrogen and oxygen atoms in total. The van der Waals surface area contributed by atoms with Crippen molar-refractivity contribution in [1.82, 2.24) is 10.1 Å². The third-order valence-electron chi connectivity index (χ3n) is 4.50. The van der Waals surface area contributed by atoms with Crippen molar-refractivity contribution in [3.63, 3.8) is 0 Å². The Kier molecular flexibility index (Phi) is 4.99. The standard InChI is InChI=1S/C17H20ClN3O4/c1-20(2)12-7-8-21(9-13(12)22)16-14(17(23)24)15(25-19-16)10-3-5-11(18)6-4-10/h3-6,12-13,22H,7-9H2,1-2H3,(H,23,24). The molecule has 1 aromatic carbocycles. The number of carboxylic acids is 1. The molecule has 0 spiro atoms. The molecular formula is C17H20ClN3O4. The minimum Gasteiger partial charge on any atom is -0.477 e. The first kappa shape index (κ1) is 17.7. The van der Waals surface area contributed by atoms with Gasteiger partial charge in [0.25, 0.3) is 0 Å². The third kappa shape index (κ3) is 3.49. The number of likely N-dealkylation sites (N-methyl/N-ethyl adjacent to an activating group) is 1. The van der Waals surface area contributed by atoms with Gasteiger partial charge in [0.1, 0.15) is 0 Å². The van der Waals surface area contributed by atoms with Crippen molar-refractivity contribution < 1.29 is 19.5 Å². The molecule has 8 heteroatoms. The summed E-state index contributed by atoms with van der Waals surface area (Å²) in [5.74, 6) is -0.692. The summed E-state index contributed by atoms with van der Waals surface area (Å²) in [6.07, 6.45) is 0.109. The second kappa shape index (κ2) is 7.03. The second-order valence-electron chi connectivity index (χ2n) is 6.36. The van der Waals surface area contributed by atoms with Crippen LogP contribution in [0.2, 0.25) is 5.02 Å².